The van der Waals surface area contributed by atoms with Crippen molar-refractivity contribution in [3.63, 3.8) is 0 Å². The maximum Gasteiger partial charge on any atom is 0.478 e. The number of hydrogen-bond donors (Lipinski definition) is 4. The van der Waals surface area contributed by atoms with Gasteiger partial charge < -0.3 is 38.5 Å². The Bertz CT molecular complexity index is 916. The molecule has 0 aliphatic rings. The molecule has 172 valence electrons. The summed E-state index contributed by atoms with van der Waals surface area (Å²) in [4.78, 5) is 31.0. The minimum absolute atomic E-state index is 0.589. The number of phosphoric acid groups is 2. The van der Waals surface area contributed by atoms with Gasteiger partial charge in [0, 0.05) is 0 Å². The Labute approximate surface area is 179 Å². The first-order valence-electron chi connectivity index (χ1n) is 8.37. The highest BCUT2D eigenvalue weighted by Crippen LogP contribution is 2.53. The summed E-state index contributed by atoms with van der Waals surface area (Å²) < 4.78 is 43.4. The molecule has 0 aromatic heterocycles. The van der Waals surface area contributed by atoms with E-state index in [0.29, 0.717) is 17.2 Å². The summed E-state index contributed by atoms with van der Waals surface area (Å²) in [7, 11) is -3.65. The molecule has 0 aliphatic heterocycles. The first kappa shape index (κ1) is 26.7. The van der Waals surface area contributed by atoms with E-state index in [1.54, 1.807) is 28.4 Å². The largest absolute Gasteiger partial charge is 0.497 e. The number of hydrogen-bond acceptors (Lipinski definition) is 7. The van der Waals surface area contributed by atoms with Gasteiger partial charge in [-0.15, -0.1) is 0 Å². The minimum atomic E-state index is -5.05. The average molecular weight is 478 g/mol. The lowest BCUT2D eigenvalue weighted by atomic mass is 10.1. The third kappa shape index (κ3) is 9.99. The summed E-state index contributed by atoms with van der Waals surface area (Å²) in [5.41, 5.74) is 2.04. The zero-order valence-corrected chi connectivity index (χ0v) is 18.9. The highest BCUT2D eigenvalue weighted by atomic mass is 31.3. The standard InChI is InChI=1S/C18H20O4.H4O7P2/c1-19-15-9-7-13(8-10-15)5-6-14-11-16(20-2)18(22-4)17(12-14)21-3;1-8(2,3)7-9(4,5)6/h5-12H,1-4H3;(H2,1,2,3)(H2,4,5,6)/b6-5-;. The molecule has 13 heteroatoms. The van der Waals surface area contributed by atoms with Gasteiger partial charge in [-0.1, -0.05) is 24.3 Å². The van der Waals surface area contributed by atoms with Crippen molar-refractivity contribution in [1.29, 1.82) is 0 Å². The van der Waals surface area contributed by atoms with Crippen molar-refractivity contribution in [3.8, 4) is 23.0 Å². The molecule has 0 aliphatic carbocycles. The van der Waals surface area contributed by atoms with Gasteiger partial charge >= 0.3 is 15.6 Å². The molecule has 0 fully saturated rings. The van der Waals surface area contributed by atoms with E-state index < -0.39 is 15.6 Å². The van der Waals surface area contributed by atoms with Gasteiger partial charge in [-0.2, -0.15) is 4.31 Å². The van der Waals surface area contributed by atoms with Gasteiger partial charge in [0.1, 0.15) is 5.75 Å². The topological polar surface area (TPSA) is 161 Å². The highest BCUT2D eigenvalue weighted by molar-refractivity contribution is 7.60. The van der Waals surface area contributed by atoms with Crippen LogP contribution >= 0.6 is 15.6 Å². The molecule has 0 bridgehead atoms. The fourth-order valence-corrected chi connectivity index (χ4v) is 3.35. The maximum atomic E-state index is 9.63. The molecular formula is C18H24O11P2. The summed E-state index contributed by atoms with van der Waals surface area (Å²) in [6, 6.07) is 11.6. The Morgan fingerprint density at radius 1 is 0.677 bits per heavy atom. The summed E-state index contributed by atoms with van der Waals surface area (Å²) in [5.74, 6) is 2.70. The molecule has 0 atom stereocenters. The van der Waals surface area contributed by atoms with E-state index in [4.69, 9.17) is 38.5 Å². The average Bonchev–Trinajstić information content (AvgIpc) is 2.69. The van der Waals surface area contributed by atoms with Crippen LogP contribution in [0, 0.1) is 0 Å². The van der Waals surface area contributed by atoms with Crippen LogP contribution in [-0.2, 0) is 13.4 Å². The van der Waals surface area contributed by atoms with Crippen LogP contribution in [-0.4, -0.2) is 48.0 Å². The molecule has 2 aromatic rings. The Hall–Kier alpha value is -2.36. The third-order valence-corrected chi connectivity index (χ3v) is 5.19. The quantitative estimate of drug-likeness (QED) is 0.326. The van der Waals surface area contributed by atoms with Crippen LogP contribution in [0.2, 0.25) is 0 Å². The lowest BCUT2D eigenvalue weighted by Gasteiger charge is -2.12. The van der Waals surface area contributed by atoms with Crippen LogP contribution in [0.25, 0.3) is 12.2 Å². The van der Waals surface area contributed by atoms with E-state index >= 15 is 0 Å². The first-order chi connectivity index (χ1) is 14.4. The van der Waals surface area contributed by atoms with E-state index in [0.717, 1.165) is 16.9 Å². The zero-order chi connectivity index (χ0) is 23.7. The number of benzene rings is 2. The van der Waals surface area contributed by atoms with Crippen molar-refractivity contribution < 1.29 is 52.0 Å². The third-order valence-electron chi connectivity index (χ3n) is 3.48. The predicted molar refractivity (Wildman–Crippen MR) is 113 cm³/mol. The monoisotopic (exact) mass is 478 g/mol. The van der Waals surface area contributed by atoms with Crippen LogP contribution in [0.15, 0.2) is 36.4 Å². The molecule has 0 saturated carbocycles. The van der Waals surface area contributed by atoms with Crippen molar-refractivity contribution in [2.45, 2.75) is 0 Å². The Kier molecular flexibility index (Phi) is 10.2. The van der Waals surface area contributed by atoms with Gasteiger partial charge in [0.05, 0.1) is 28.4 Å². The molecule has 2 aromatic carbocycles. The van der Waals surface area contributed by atoms with Crippen LogP contribution in [0.4, 0.5) is 0 Å². The van der Waals surface area contributed by atoms with Gasteiger partial charge in [0.25, 0.3) is 0 Å². The van der Waals surface area contributed by atoms with Crippen molar-refractivity contribution in [3.05, 3.63) is 47.5 Å². The SMILES string of the molecule is COc1ccc(/C=C\c2cc(OC)c(OC)c(OC)c2)cc1.O=P(O)(O)OP(=O)(O)O. The van der Waals surface area contributed by atoms with Gasteiger partial charge in [-0.3, -0.25) is 0 Å². The van der Waals surface area contributed by atoms with Crippen molar-refractivity contribution >= 4 is 27.8 Å². The normalized spacial score (nSPS) is 11.5. The van der Waals surface area contributed by atoms with E-state index in [9.17, 15) is 9.13 Å². The molecule has 0 unspecified atom stereocenters. The number of ether oxygens (including phenoxy) is 4. The smallest absolute Gasteiger partial charge is 0.478 e. The lowest BCUT2D eigenvalue weighted by molar-refractivity contribution is 0.225. The fourth-order valence-electron chi connectivity index (χ4n) is 2.24. The van der Waals surface area contributed by atoms with Gasteiger partial charge in [-0.05, 0) is 35.4 Å². The van der Waals surface area contributed by atoms with Crippen molar-refractivity contribution in [2.75, 3.05) is 28.4 Å². The second-order valence-corrected chi connectivity index (χ2v) is 8.24. The number of methoxy groups -OCH3 is 4. The molecular weight excluding hydrogens is 454 g/mol. The molecule has 11 nitrogen and oxygen atoms in total. The molecule has 4 N–H and O–H groups in total. The highest BCUT2D eigenvalue weighted by Gasteiger charge is 2.27. The minimum Gasteiger partial charge on any atom is -0.497 e. The summed E-state index contributed by atoms with van der Waals surface area (Å²) in [6.07, 6.45) is 4.01. The Balaban J connectivity index is 0.000000452. The molecule has 0 spiro atoms. The molecule has 2 rings (SSSR count). The second-order valence-electron chi connectivity index (χ2n) is 5.63. The Morgan fingerprint density at radius 2 is 1.13 bits per heavy atom. The molecule has 0 saturated heterocycles. The van der Waals surface area contributed by atoms with E-state index in [-0.39, 0.29) is 0 Å². The van der Waals surface area contributed by atoms with E-state index in [2.05, 4.69) is 4.31 Å². The molecule has 0 radical (unpaired) electrons. The second kappa shape index (κ2) is 11.9. The molecule has 31 heavy (non-hydrogen) atoms. The first-order valence-corrected chi connectivity index (χ1v) is 11.4. The van der Waals surface area contributed by atoms with Gasteiger partial charge in [0.15, 0.2) is 11.5 Å². The lowest BCUT2D eigenvalue weighted by Crippen LogP contribution is -1.95. The fraction of sp³-hybridized carbons (Fsp3) is 0.222. The van der Waals surface area contributed by atoms with E-state index in [1.807, 2.05) is 48.6 Å². The van der Waals surface area contributed by atoms with Gasteiger partial charge in [0.2, 0.25) is 5.75 Å². The van der Waals surface area contributed by atoms with Crippen LogP contribution < -0.4 is 18.9 Å². The van der Waals surface area contributed by atoms with Crippen molar-refractivity contribution in [2.24, 2.45) is 0 Å². The molecule has 0 heterocycles. The van der Waals surface area contributed by atoms with Crippen molar-refractivity contribution in [1.82, 2.24) is 0 Å². The van der Waals surface area contributed by atoms with Gasteiger partial charge in [-0.25, -0.2) is 9.13 Å². The van der Waals surface area contributed by atoms with E-state index in [1.165, 1.54) is 0 Å². The predicted octanol–water partition coefficient (Wildman–Crippen LogP) is 3.08. The van der Waals surface area contributed by atoms with Crippen LogP contribution in [0.1, 0.15) is 11.1 Å². The maximum absolute atomic E-state index is 9.63. The summed E-state index contributed by atoms with van der Waals surface area (Å²) in [6.45, 7) is 0. The summed E-state index contributed by atoms with van der Waals surface area (Å²) >= 11 is 0. The molecule has 0 amide bonds. The number of rotatable bonds is 8. The Morgan fingerprint density at radius 3 is 1.45 bits per heavy atom. The summed E-state index contributed by atoms with van der Waals surface area (Å²) in [5, 5.41) is 0. The van der Waals surface area contributed by atoms with Crippen LogP contribution in [0.3, 0.4) is 0 Å². The zero-order valence-electron chi connectivity index (χ0n) is 17.2. The van der Waals surface area contributed by atoms with Crippen LogP contribution in [0.5, 0.6) is 23.0 Å².